The number of aromatic nitrogens is 2. The summed E-state index contributed by atoms with van der Waals surface area (Å²) in [6.45, 7) is 5.35. The number of nitrogens with zero attached hydrogens (tertiary/aromatic N) is 1. The Morgan fingerprint density at radius 1 is 1.47 bits per heavy atom. The van der Waals surface area contributed by atoms with Gasteiger partial charge in [-0.3, -0.25) is 5.10 Å². The van der Waals surface area contributed by atoms with Crippen LogP contribution in [0.15, 0.2) is 0 Å². The number of aryl methyl sites for hydroxylation is 1. The van der Waals surface area contributed by atoms with E-state index in [-0.39, 0.29) is 0 Å². The molecule has 3 nitrogen and oxygen atoms in total. The molecule has 15 heavy (non-hydrogen) atoms. The molecule has 84 valence electrons. The van der Waals surface area contributed by atoms with Gasteiger partial charge in [-0.2, -0.15) is 5.10 Å². The zero-order chi connectivity index (χ0) is 10.7. The lowest BCUT2D eigenvalue weighted by molar-refractivity contribution is 0.421. The third kappa shape index (κ3) is 2.16. The molecule has 2 rings (SSSR count). The Bertz CT molecular complexity index is 317. The van der Waals surface area contributed by atoms with E-state index in [9.17, 15) is 0 Å². The third-order valence-electron chi connectivity index (χ3n) is 3.29. The number of hydrogen-bond donors (Lipinski definition) is 2. The molecule has 0 spiro atoms. The van der Waals surface area contributed by atoms with E-state index in [4.69, 9.17) is 0 Å². The first-order valence-electron chi connectivity index (χ1n) is 6.15. The molecule has 1 aromatic heterocycles. The van der Waals surface area contributed by atoms with E-state index >= 15 is 0 Å². The minimum absolute atomic E-state index is 0.873. The first kappa shape index (κ1) is 10.5. The lowest BCUT2D eigenvalue weighted by Crippen LogP contribution is -2.14. The van der Waals surface area contributed by atoms with Gasteiger partial charge in [0.2, 0.25) is 0 Å². The van der Waals surface area contributed by atoms with E-state index in [1.165, 1.54) is 43.4 Å². The fraction of sp³-hybridized carbons (Fsp3) is 0.750. The molecule has 0 amide bonds. The van der Waals surface area contributed by atoms with Crippen LogP contribution in [0.1, 0.15) is 44.4 Å². The highest BCUT2D eigenvalue weighted by atomic mass is 15.2. The van der Waals surface area contributed by atoms with E-state index in [1.807, 2.05) is 0 Å². The van der Waals surface area contributed by atoms with Crippen molar-refractivity contribution in [2.24, 2.45) is 5.92 Å². The maximum atomic E-state index is 4.35. The Morgan fingerprint density at radius 3 is 3.07 bits per heavy atom. The predicted octanol–water partition coefficient (Wildman–Crippen LogP) is 2.75. The van der Waals surface area contributed by atoms with Crippen molar-refractivity contribution in [3.63, 3.8) is 0 Å². The summed E-state index contributed by atoms with van der Waals surface area (Å²) >= 11 is 0. The van der Waals surface area contributed by atoms with E-state index in [0.29, 0.717) is 0 Å². The summed E-state index contributed by atoms with van der Waals surface area (Å²) in [6.07, 6.45) is 6.37. The Morgan fingerprint density at radius 2 is 2.33 bits per heavy atom. The molecule has 1 aliphatic rings. The maximum absolute atomic E-state index is 4.35. The van der Waals surface area contributed by atoms with Gasteiger partial charge in [0, 0.05) is 17.8 Å². The van der Waals surface area contributed by atoms with Crippen LogP contribution >= 0.6 is 0 Å². The first-order valence-corrected chi connectivity index (χ1v) is 6.15. The van der Waals surface area contributed by atoms with E-state index in [1.54, 1.807) is 0 Å². The van der Waals surface area contributed by atoms with Gasteiger partial charge in [0.15, 0.2) is 5.82 Å². The molecule has 0 saturated carbocycles. The number of aromatic amines is 1. The van der Waals surface area contributed by atoms with Crippen molar-refractivity contribution in [1.82, 2.24) is 10.2 Å². The molecule has 0 saturated heterocycles. The van der Waals surface area contributed by atoms with Crippen molar-refractivity contribution >= 4 is 5.82 Å². The first-order chi connectivity index (χ1) is 7.35. The van der Waals surface area contributed by atoms with Gasteiger partial charge in [-0.25, -0.2) is 0 Å². The second kappa shape index (κ2) is 4.69. The number of anilines is 1. The van der Waals surface area contributed by atoms with Crippen LogP contribution in [-0.2, 0) is 12.8 Å². The van der Waals surface area contributed by atoms with E-state index < -0.39 is 0 Å². The maximum Gasteiger partial charge on any atom is 0.151 e. The summed E-state index contributed by atoms with van der Waals surface area (Å²) in [5, 5.41) is 10.8. The fourth-order valence-corrected chi connectivity index (χ4v) is 2.54. The van der Waals surface area contributed by atoms with Crippen LogP contribution in [-0.4, -0.2) is 16.7 Å². The van der Waals surface area contributed by atoms with Crippen molar-refractivity contribution in [2.75, 3.05) is 11.9 Å². The highest BCUT2D eigenvalue weighted by Gasteiger charge is 2.22. The number of hydrogen-bond acceptors (Lipinski definition) is 2. The average molecular weight is 207 g/mol. The molecule has 1 aromatic rings. The molecule has 1 heterocycles. The number of H-pyrrole nitrogens is 1. The highest BCUT2D eigenvalue weighted by Crippen LogP contribution is 2.31. The molecular weight excluding hydrogens is 186 g/mol. The Hall–Kier alpha value is -0.990. The molecule has 0 aliphatic heterocycles. The van der Waals surface area contributed by atoms with E-state index in [0.717, 1.165) is 18.3 Å². The summed E-state index contributed by atoms with van der Waals surface area (Å²) in [5.74, 6) is 1.96. The van der Waals surface area contributed by atoms with Crippen molar-refractivity contribution in [3.8, 4) is 0 Å². The third-order valence-corrected chi connectivity index (χ3v) is 3.29. The van der Waals surface area contributed by atoms with Crippen LogP contribution in [0.25, 0.3) is 0 Å². The molecule has 2 N–H and O–H groups in total. The molecular formula is C12H21N3. The monoisotopic (exact) mass is 207 g/mol. The molecule has 0 bridgehead atoms. The van der Waals surface area contributed by atoms with Crippen molar-refractivity contribution < 1.29 is 0 Å². The van der Waals surface area contributed by atoms with Crippen LogP contribution in [0, 0.1) is 5.92 Å². The molecule has 0 aromatic carbocycles. The summed E-state index contributed by atoms with van der Waals surface area (Å²) in [5.41, 5.74) is 2.81. The molecule has 1 atom stereocenters. The largest absolute Gasteiger partial charge is 0.369 e. The van der Waals surface area contributed by atoms with Gasteiger partial charge in [-0.15, -0.1) is 0 Å². The molecule has 0 fully saturated rings. The summed E-state index contributed by atoms with van der Waals surface area (Å²) in [4.78, 5) is 0. The number of nitrogens with one attached hydrogen (secondary N) is 2. The molecule has 1 aliphatic carbocycles. The topological polar surface area (TPSA) is 40.7 Å². The lowest BCUT2D eigenvalue weighted by Gasteiger charge is -2.21. The minimum atomic E-state index is 0.873. The van der Waals surface area contributed by atoms with Crippen LogP contribution in [0.5, 0.6) is 0 Å². The molecule has 3 heteroatoms. The zero-order valence-corrected chi connectivity index (χ0v) is 9.77. The average Bonchev–Trinajstić information content (AvgIpc) is 2.63. The molecule has 1 unspecified atom stereocenters. The van der Waals surface area contributed by atoms with E-state index in [2.05, 4.69) is 29.4 Å². The fourth-order valence-electron chi connectivity index (χ4n) is 2.54. The quantitative estimate of drug-likeness (QED) is 0.797. The normalized spacial score (nSPS) is 20.0. The van der Waals surface area contributed by atoms with Gasteiger partial charge in [-0.05, 0) is 32.1 Å². The lowest BCUT2D eigenvalue weighted by atomic mass is 9.84. The smallest absolute Gasteiger partial charge is 0.151 e. The van der Waals surface area contributed by atoms with Gasteiger partial charge in [0.05, 0.1) is 0 Å². The van der Waals surface area contributed by atoms with Crippen LogP contribution < -0.4 is 5.32 Å². The predicted molar refractivity (Wildman–Crippen MR) is 63.2 cm³/mol. The van der Waals surface area contributed by atoms with Crippen molar-refractivity contribution in [3.05, 3.63) is 11.3 Å². The second-order valence-electron chi connectivity index (χ2n) is 4.46. The van der Waals surface area contributed by atoms with Gasteiger partial charge in [0.1, 0.15) is 0 Å². The number of rotatable bonds is 4. The Balaban J connectivity index is 2.11. The van der Waals surface area contributed by atoms with Crippen LogP contribution in [0.3, 0.4) is 0 Å². The van der Waals surface area contributed by atoms with Crippen LogP contribution in [0.4, 0.5) is 5.82 Å². The Kier molecular flexibility index (Phi) is 3.29. The summed E-state index contributed by atoms with van der Waals surface area (Å²) < 4.78 is 0. The van der Waals surface area contributed by atoms with Gasteiger partial charge < -0.3 is 5.32 Å². The molecule has 0 radical (unpaired) electrons. The van der Waals surface area contributed by atoms with Crippen LogP contribution in [0.2, 0.25) is 0 Å². The number of fused-ring (bicyclic) bond motifs is 1. The summed E-state index contributed by atoms with van der Waals surface area (Å²) in [6, 6.07) is 0. The van der Waals surface area contributed by atoms with Gasteiger partial charge in [0.25, 0.3) is 0 Å². The standard InChI is InChI=1S/C12H21N3/c1-3-5-9-6-7-11-10(8-9)12(13-4-2)15-14-11/h9H,3-8H2,1-2H3,(H2,13,14,15). The SMILES string of the molecule is CCCC1CCc2[nH]nc(NCC)c2C1. The second-order valence-corrected chi connectivity index (χ2v) is 4.46. The highest BCUT2D eigenvalue weighted by molar-refractivity contribution is 5.47. The van der Waals surface area contributed by atoms with Crippen molar-refractivity contribution in [2.45, 2.75) is 46.0 Å². The van der Waals surface area contributed by atoms with Gasteiger partial charge >= 0.3 is 0 Å². The summed E-state index contributed by atoms with van der Waals surface area (Å²) in [7, 11) is 0. The zero-order valence-electron chi connectivity index (χ0n) is 9.77. The Labute approximate surface area is 91.7 Å². The van der Waals surface area contributed by atoms with Gasteiger partial charge in [-0.1, -0.05) is 19.8 Å². The van der Waals surface area contributed by atoms with Crippen molar-refractivity contribution in [1.29, 1.82) is 0 Å². The minimum Gasteiger partial charge on any atom is -0.369 e.